The second kappa shape index (κ2) is 17.3. The van der Waals surface area contributed by atoms with Gasteiger partial charge in [-0.2, -0.15) is 0 Å². The summed E-state index contributed by atoms with van der Waals surface area (Å²) in [4.78, 5) is 52.7. The monoisotopic (exact) mass is 734 g/mol. The van der Waals surface area contributed by atoms with Crippen LogP contribution in [0.1, 0.15) is 34.7 Å². The summed E-state index contributed by atoms with van der Waals surface area (Å²) in [5.74, 6) is 1.39. The average Bonchev–Trinajstić information content (AvgIpc) is 3.15. The van der Waals surface area contributed by atoms with Crippen LogP contribution in [0.2, 0.25) is 0 Å². The Hall–Kier alpha value is -5.26. The molecule has 0 spiro atoms. The highest BCUT2D eigenvalue weighted by molar-refractivity contribution is 5.84. The number of aryl methyl sites for hydroxylation is 4. The summed E-state index contributed by atoms with van der Waals surface area (Å²) < 4.78 is 20.2. The smallest absolute Gasteiger partial charge is 0.324 e. The van der Waals surface area contributed by atoms with E-state index >= 15 is 0 Å². The number of aromatic nitrogens is 2. The molecule has 284 valence electrons. The summed E-state index contributed by atoms with van der Waals surface area (Å²) >= 11 is 0. The van der Waals surface area contributed by atoms with Gasteiger partial charge in [-0.15, -0.1) is 0 Å². The Labute approximate surface area is 315 Å². The molecule has 0 aliphatic carbocycles. The first-order valence-corrected chi connectivity index (χ1v) is 18.7. The number of hydrogen-bond acceptors (Lipinski definition) is 9. The van der Waals surface area contributed by atoms with Crippen molar-refractivity contribution in [2.24, 2.45) is 0 Å². The maximum atomic E-state index is 13.0. The van der Waals surface area contributed by atoms with Crippen LogP contribution < -0.4 is 20.6 Å². The SMILES string of the molecule is CCOC(=O)C1CN(CCn2c(=O)cc(C)c3ccc(C)cc32)CCN1CCc1ccc2c(c1)OCCO2.Cc1ccc2c(C)cc(=O)n(CC=O)c2c1. The number of fused-ring (bicyclic) bond motifs is 3. The molecular formula is C43H50N4O7. The van der Waals surface area contributed by atoms with E-state index in [4.69, 9.17) is 14.2 Å². The van der Waals surface area contributed by atoms with Crippen LogP contribution in [0, 0.1) is 27.7 Å². The van der Waals surface area contributed by atoms with Crippen molar-refractivity contribution in [1.29, 1.82) is 0 Å². The fourth-order valence-corrected chi connectivity index (χ4v) is 7.38. The third-order valence-electron chi connectivity index (χ3n) is 10.3. The van der Waals surface area contributed by atoms with E-state index in [0.29, 0.717) is 39.5 Å². The minimum absolute atomic E-state index is 0.0145. The predicted octanol–water partition coefficient (Wildman–Crippen LogP) is 5.00. The maximum absolute atomic E-state index is 13.0. The maximum Gasteiger partial charge on any atom is 0.324 e. The van der Waals surface area contributed by atoms with Crippen LogP contribution in [0.5, 0.6) is 11.5 Å². The van der Waals surface area contributed by atoms with Gasteiger partial charge in [-0.1, -0.05) is 30.3 Å². The molecular weight excluding hydrogens is 684 g/mol. The highest BCUT2D eigenvalue weighted by atomic mass is 16.6. The first-order chi connectivity index (χ1) is 26.1. The van der Waals surface area contributed by atoms with E-state index in [-0.39, 0.29) is 29.7 Å². The third-order valence-corrected chi connectivity index (χ3v) is 10.3. The van der Waals surface area contributed by atoms with E-state index in [1.165, 1.54) is 4.57 Å². The van der Waals surface area contributed by atoms with E-state index in [2.05, 4.69) is 34.1 Å². The van der Waals surface area contributed by atoms with Crippen molar-refractivity contribution >= 4 is 34.1 Å². The molecule has 4 heterocycles. The lowest BCUT2D eigenvalue weighted by Gasteiger charge is -2.40. The zero-order valence-electron chi connectivity index (χ0n) is 31.9. The molecule has 5 aromatic rings. The van der Waals surface area contributed by atoms with Crippen molar-refractivity contribution in [1.82, 2.24) is 18.9 Å². The molecule has 0 amide bonds. The van der Waals surface area contributed by atoms with Crippen molar-refractivity contribution in [2.75, 3.05) is 52.5 Å². The first-order valence-electron chi connectivity index (χ1n) is 18.7. The van der Waals surface area contributed by atoms with Gasteiger partial charge in [-0.05, 0) is 93.1 Å². The Balaban J connectivity index is 0.000000259. The van der Waals surface area contributed by atoms with Gasteiger partial charge in [-0.3, -0.25) is 24.2 Å². The molecule has 0 radical (unpaired) electrons. The van der Waals surface area contributed by atoms with Gasteiger partial charge in [-0.25, -0.2) is 0 Å². The second-order valence-electron chi connectivity index (χ2n) is 14.1. The van der Waals surface area contributed by atoms with E-state index in [1.54, 1.807) is 12.1 Å². The lowest BCUT2D eigenvalue weighted by Crippen LogP contribution is -2.57. The minimum atomic E-state index is -0.338. The molecule has 2 aliphatic rings. The van der Waals surface area contributed by atoms with Crippen molar-refractivity contribution in [2.45, 2.75) is 60.2 Å². The van der Waals surface area contributed by atoms with Gasteiger partial charge in [0.15, 0.2) is 11.5 Å². The van der Waals surface area contributed by atoms with Gasteiger partial charge in [0.1, 0.15) is 25.5 Å². The summed E-state index contributed by atoms with van der Waals surface area (Å²) in [6, 6.07) is 21.2. The van der Waals surface area contributed by atoms with Gasteiger partial charge < -0.3 is 28.1 Å². The van der Waals surface area contributed by atoms with E-state index in [0.717, 1.165) is 93.5 Å². The number of ether oxygens (including phenoxy) is 3. The van der Waals surface area contributed by atoms with E-state index < -0.39 is 0 Å². The van der Waals surface area contributed by atoms with Crippen molar-refractivity contribution in [3.63, 3.8) is 0 Å². The first kappa shape index (κ1) is 38.5. The Kier molecular flexibility index (Phi) is 12.3. The fraction of sp³-hybridized carbons (Fsp3) is 0.395. The number of carbonyl (C=O) groups excluding carboxylic acids is 2. The largest absolute Gasteiger partial charge is 0.486 e. The molecule has 11 heteroatoms. The molecule has 1 fully saturated rings. The number of rotatable bonds is 10. The van der Waals surface area contributed by atoms with Gasteiger partial charge in [0.2, 0.25) is 0 Å². The molecule has 2 aliphatic heterocycles. The van der Waals surface area contributed by atoms with Crippen molar-refractivity contribution in [3.8, 4) is 11.5 Å². The molecule has 2 aromatic heterocycles. The second-order valence-corrected chi connectivity index (χ2v) is 14.1. The quantitative estimate of drug-likeness (QED) is 0.145. The Morgan fingerprint density at radius 2 is 1.39 bits per heavy atom. The summed E-state index contributed by atoms with van der Waals surface area (Å²) in [5, 5.41) is 2.12. The highest BCUT2D eigenvalue weighted by Crippen LogP contribution is 2.31. The number of aldehydes is 1. The van der Waals surface area contributed by atoms with Gasteiger partial charge in [0.05, 0.1) is 24.2 Å². The van der Waals surface area contributed by atoms with Crippen LogP contribution >= 0.6 is 0 Å². The number of pyridine rings is 2. The Bertz CT molecular complexity index is 2280. The molecule has 0 N–H and O–H groups in total. The zero-order valence-corrected chi connectivity index (χ0v) is 31.9. The average molecular weight is 735 g/mol. The lowest BCUT2D eigenvalue weighted by molar-refractivity contribution is -0.152. The van der Waals surface area contributed by atoms with E-state index in [9.17, 15) is 19.2 Å². The molecule has 1 atom stereocenters. The van der Waals surface area contributed by atoms with Crippen LogP contribution in [0.15, 0.2) is 76.3 Å². The normalized spacial score (nSPS) is 15.8. The number of benzene rings is 3. The number of nitrogens with zero attached hydrogens (tertiary/aromatic N) is 4. The van der Waals surface area contributed by atoms with Crippen molar-refractivity contribution in [3.05, 3.63) is 115 Å². The fourth-order valence-electron chi connectivity index (χ4n) is 7.38. The number of piperazine rings is 1. The van der Waals surface area contributed by atoms with E-state index in [1.807, 2.05) is 69.5 Å². The lowest BCUT2D eigenvalue weighted by atomic mass is 10.1. The van der Waals surface area contributed by atoms with Gasteiger partial charge in [0.25, 0.3) is 11.1 Å². The number of hydrogen-bond donors (Lipinski definition) is 0. The van der Waals surface area contributed by atoms with Crippen LogP contribution in [-0.4, -0.2) is 89.8 Å². The van der Waals surface area contributed by atoms with Crippen LogP contribution in [0.25, 0.3) is 21.8 Å². The number of carbonyl (C=O) groups is 2. The van der Waals surface area contributed by atoms with Crippen LogP contribution in [0.4, 0.5) is 0 Å². The molecule has 7 rings (SSSR count). The predicted molar refractivity (Wildman–Crippen MR) is 211 cm³/mol. The third kappa shape index (κ3) is 8.75. The Morgan fingerprint density at radius 1 is 0.759 bits per heavy atom. The summed E-state index contributed by atoms with van der Waals surface area (Å²) in [5.41, 5.74) is 7.00. The molecule has 0 bridgehead atoms. The Morgan fingerprint density at radius 3 is 2.04 bits per heavy atom. The van der Waals surface area contributed by atoms with Crippen molar-refractivity contribution < 1.29 is 23.8 Å². The summed E-state index contributed by atoms with van der Waals surface area (Å²) in [6.45, 7) is 15.5. The number of esters is 1. The van der Waals surface area contributed by atoms with Crippen LogP contribution in [-0.2, 0) is 33.8 Å². The molecule has 3 aromatic carbocycles. The van der Waals surface area contributed by atoms with Gasteiger partial charge >= 0.3 is 5.97 Å². The summed E-state index contributed by atoms with van der Waals surface area (Å²) in [7, 11) is 0. The zero-order chi connectivity index (χ0) is 38.4. The molecule has 11 nitrogen and oxygen atoms in total. The molecule has 0 saturated carbocycles. The van der Waals surface area contributed by atoms with Gasteiger partial charge in [0, 0.05) is 62.2 Å². The topological polar surface area (TPSA) is 112 Å². The molecule has 54 heavy (non-hydrogen) atoms. The highest BCUT2D eigenvalue weighted by Gasteiger charge is 2.33. The molecule has 1 unspecified atom stereocenters. The minimum Gasteiger partial charge on any atom is -0.486 e. The molecule has 1 saturated heterocycles. The summed E-state index contributed by atoms with van der Waals surface area (Å²) in [6.07, 6.45) is 1.55. The van der Waals surface area contributed by atoms with Crippen LogP contribution in [0.3, 0.4) is 0 Å². The standard InChI is InChI=1S/C30H37N3O5.C13H13NO2/c1-4-36-30(35)26-20-31(12-14-33-25-17-21(2)5-7-24(25)22(3)18-29(33)34)11-13-32(26)10-9-23-6-8-27-28(19-23)38-16-15-37-27;1-9-3-4-11-10(2)8-13(16)14(5-6-15)12(11)7-9/h5-8,17-19,26H,4,9-16,20H2,1-3H3;3-4,6-8H,5H2,1-2H3.